The van der Waals surface area contributed by atoms with Gasteiger partial charge in [0.15, 0.2) is 0 Å². The zero-order valence-corrected chi connectivity index (χ0v) is 12.3. The zero-order valence-electron chi connectivity index (χ0n) is 12.3. The van der Waals surface area contributed by atoms with Gasteiger partial charge in [-0.05, 0) is 37.0 Å². The summed E-state index contributed by atoms with van der Waals surface area (Å²) in [7, 11) is 0. The monoisotopic (exact) mass is 241 g/mol. The van der Waals surface area contributed by atoms with Crippen LogP contribution in [-0.2, 0) is 0 Å². The molecule has 0 aromatic carbocycles. The van der Waals surface area contributed by atoms with E-state index in [1.165, 1.54) is 19.3 Å². The fourth-order valence-electron chi connectivity index (χ4n) is 3.20. The van der Waals surface area contributed by atoms with Crippen LogP contribution in [0.5, 0.6) is 0 Å². The Morgan fingerprint density at radius 3 is 2.18 bits per heavy atom. The molecule has 1 aliphatic carbocycles. The largest absolute Gasteiger partial charge is 0.394 e. The molecule has 1 fully saturated rings. The lowest BCUT2D eigenvalue weighted by Crippen LogP contribution is -2.54. The molecule has 2 N–H and O–H groups in total. The minimum atomic E-state index is -0.00547. The van der Waals surface area contributed by atoms with Gasteiger partial charge < -0.3 is 10.4 Å². The molecular weight excluding hydrogens is 210 g/mol. The molecule has 0 bridgehead atoms. The van der Waals surface area contributed by atoms with E-state index in [9.17, 15) is 5.11 Å². The highest BCUT2D eigenvalue weighted by molar-refractivity contribution is 4.96. The topological polar surface area (TPSA) is 32.3 Å². The third-order valence-electron chi connectivity index (χ3n) is 4.86. The lowest BCUT2D eigenvalue weighted by molar-refractivity contribution is 0.0563. The quantitative estimate of drug-likeness (QED) is 0.773. The van der Waals surface area contributed by atoms with E-state index < -0.39 is 0 Å². The average molecular weight is 241 g/mol. The molecule has 1 aliphatic rings. The summed E-state index contributed by atoms with van der Waals surface area (Å²) in [4.78, 5) is 0. The average Bonchev–Trinajstić information content (AvgIpc) is 2.29. The lowest BCUT2D eigenvalue weighted by Gasteiger charge is -2.45. The normalized spacial score (nSPS) is 30.9. The Bertz CT molecular complexity index is 227. The van der Waals surface area contributed by atoms with Crippen LogP contribution in [-0.4, -0.2) is 23.3 Å². The lowest BCUT2D eigenvalue weighted by atomic mass is 9.65. The predicted octanol–water partition coefficient (Wildman–Crippen LogP) is 3.34. The van der Waals surface area contributed by atoms with Gasteiger partial charge in [-0.3, -0.25) is 0 Å². The van der Waals surface area contributed by atoms with Crippen molar-refractivity contribution >= 4 is 0 Å². The number of hydrogen-bond donors (Lipinski definition) is 2. The Labute approximate surface area is 107 Å². The second kappa shape index (κ2) is 5.71. The van der Waals surface area contributed by atoms with Gasteiger partial charge in [-0.15, -0.1) is 0 Å². The SMILES string of the molecule is CCC(C)(C)C1CCC(CO)(NC(C)C)CC1. The van der Waals surface area contributed by atoms with Gasteiger partial charge in [0, 0.05) is 11.6 Å². The van der Waals surface area contributed by atoms with Gasteiger partial charge in [0.2, 0.25) is 0 Å². The van der Waals surface area contributed by atoms with Crippen LogP contribution >= 0.6 is 0 Å². The summed E-state index contributed by atoms with van der Waals surface area (Å²) >= 11 is 0. The number of aliphatic hydroxyl groups excluding tert-OH is 1. The van der Waals surface area contributed by atoms with E-state index in [4.69, 9.17) is 0 Å². The second-order valence-electron chi connectivity index (χ2n) is 6.85. The van der Waals surface area contributed by atoms with Crippen LogP contribution in [0.4, 0.5) is 0 Å². The Morgan fingerprint density at radius 1 is 1.29 bits per heavy atom. The smallest absolute Gasteiger partial charge is 0.0613 e. The molecule has 17 heavy (non-hydrogen) atoms. The maximum absolute atomic E-state index is 9.67. The zero-order chi connectivity index (χ0) is 13.1. The molecule has 0 amide bonds. The van der Waals surface area contributed by atoms with E-state index in [-0.39, 0.29) is 12.1 Å². The summed E-state index contributed by atoms with van der Waals surface area (Å²) in [6, 6.07) is 0.456. The first-order valence-electron chi connectivity index (χ1n) is 7.24. The van der Waals surface area contributed by atoms with Crippen LogP contribution < -0.4 is 5.32 Å². The molecule has 1 rings (SSSR count). The maximum Gasteiger partial charge on any atom is 0.0613 e. The molecule has 0 saturated heterocycles. The van der Waals surface area contributed by atoms with Crippen LogP contribution in [0.3, 0.4) is 0 Å². The van der Waals surface area contributed by atoms with E-state index >= 15 is 0 Å². The molecule has 0 radical (unpaired) electrons. The Morgan fingerprint density at radius 2 is 1.82 bits per heavy atom. The van der Waals surface area contributed by atoms with Crippen molar-refractivity contribution in [1.29, 1.82) is 0 Å². The minimum Gasteiger partial charge on any atom is -0.394 e. The summed E-state index contributed by atoms with van der Waals surface area (Å²) in [6.07, 6.45) is 6.00. The van der Waals surface area contributed by atoms with Crippen molar-refractivity contribution in [1.82, 2.24) is 5.32 Å². The molecule has 102 valence electrons. The molecule has 0 atom stereocenters. The van der Waals surface area contributed by atoms with Gasteiger partial charge in [-0.1, -0.05) is 41.0 Å². The van der Waals surface area contributed by atoms with Gasteiger partial charge in [-0.25, -0.2) is 0 Å². The summed E-state index contributed by atoms with van der Waals surface area (Å²) in [5, 5.41) is 13.3. The standard InChI is InChI=1S/C15H31NO/c1-6-14(4,5)13-7-9-15(11-17,10-8-13)16-12(2)3/h12-13,16-17H,6-11H2,1-5H3. The summed E-state index contributed by atoms with van der Waals surface area (Å²) in [5.74, 6) is 0.820. The Hall–Kier alpha value is -0.0800. The van der Waals surface area contributed by atoms with Gasteiger partial charge in [-0.2, -0.15) is 0 Å². The summed E-state index contributed by atoms with van der Waals surface area (Å²) in [5.41, 5.74) is 0.452. The first-order chi connectivity index (χ1) is 7.85. The Balaban J connectivity index is 2.59. The van der Waals surface area contributed by atoms with Crippen LogP contribution in [0.1, 0.15) is 66.7 Å². The fourth-order valence-corrected chi connectivity index (χ4v) is 3.20. The van der Waals surface area contributed by atoms with Crippen molar-refractivity contribution in [2.75, 3.05) is 6.61 Å². The molecule has 0 spiro atoms. The van der Waals surface area contributed by atoms with Crippen molar-refractivity contribution < 1.29 is 5.11 Å². The van der Waals surface area contributed by atoms with Gasteiger partial charge in [0.05, 0.1) is 6.61 Å². The number of nitrogens with one attached hydrogen (secondary N) is 1. The van der Waals surface area contributed by atoms with Crippen LogP contribution in [0.2, 0.25) is 0 Å². The van der Waals surface area contributed by atoms with Gasteiger partial charge in [0.1, 0.15) is 0 Å². The van der Waals surface area contributed by atoms with E-state index in [1.807, 2.05) is 0 Å². The Kier molecular flexibility index (Phi) is 5.03. The van der Waals surface area contributed by atoms with Crippen LogP contribution in [0.25, 0.3) is 0 Å². The predicted molar refractivity (Wildman–Crippen MR) is 74.1 cm³/mol. The van der Waals surface area contributed by atoms with Gasteiger partial charge in [0.25, 0.3) is 0 Å². The highest BCUT2D eigenvalue weighted by Gasteiger charge is 2.39. The van der Waals surface area contributed by atoms with Gasteiger partial charge >= 0.3 is 0 Å². The first kappa shape index (κ1) is 15.0. The van der Waals surface area contributed by atoms with Crippen molar-refractivity contribution in [3.05, 3.63) is 0 Å². The van der Waals surface area contributed by atoms with Crippen molar-refractivity contribution in [2.45, 2.75) is 78.3 Å². The third-order valence-corrected chi connectivity index (χ3v) is 4.86. The number of aliphatic hydroxyl groups is 1. The van der Waals surface area contributed by atoms with Crippen molar-refractivity contribution in [3.8, 4) is 0 Å². The van der Waals surface area contributed by atoms with E-state index in [0.29, 0.717) is 11.5 Å². The summed E-state index contributed by atoms with van der Waals surface area (Å²) in [6.45, 7) is 11.7. The number of rotatable bonds is 5. The molecule has 1 saturated carbocycles. The number of hydrogen-bond acceptors (Lipinski definition) is 2. The van der Waals surface area contributed by atoms with E-state index in [2.05, 4.69) is 39.9 Å². The molecule has 2 nitrogen and oxygen atoms in total. The fraction of sp³-hybridized carbons (Fsp3) is 1.00. The van der Waals surface area contributed by atoms with Crippen LogP contribution in [0, 0.1) is 11.3 Å². The molecule has 0 unspecified atom stereocenters. The third kappa shape index (κ3) is 3.69. The highest BCUT2D eigenvalue weighted by Crippen LogP contribution is 2.43. The minimum absolute atomic E-state index is 0.00547. The molecule has 2 heteroatoms. The molecule has 0 aliphatic heterocycles. The van der Waals surface area contributed by atoms with E-state index in [1.54, 1.807) is 0 Å². The van der Waals surface area contributed by atoms with E-state index in [0.717, 1.165) is 18.8 Å². The molecule has 0 heterocycles. The van der Waals surface area contributed by atoms with Crippen LogP contribution in [0.15, 0.2) is 0 Å². The summed E-state index contributed by atoms with van der Waals surface area (Å²) < 4.78 is 0. The van der Waals surface area contributed by atoms with Crippen molar-refractivity contribution in [2.24, 2.45) is 11.3 Å². The second-order valence-corrected chi connectivity index (χ2v) is 6.85. The first-order valence-corrected chi connectivity index (χ1v) is 7.24. The molecule has 0 aromatic rings. The molecular formula is C15H31NO. The van der Waals surface area contributed by atoms with Crippen molar-refractivity contribution in [3.63, 3.8) is 0 Å². The maximum atomic E-state index is 9.67. The highest BCUT2D eigenvalue weighted by atomic mass is 16.3. The molecule has 0 aromatic heterocycles.